The van der Waals surface area contributed by atoms with Gasteiger partial charge in [0.2, 0.25) is 0 Å². The monoisotopic (exact) mass is 224 g/mol. The second kappa shape index (κ2) is 4.15. The van der Waals surface area contributed by atoms with Gasteiger partial charge in [0.1, 0.15) is 5.60 Å². The molecule has 0 aromatic carbocycles. The van der Waals surface area contributed by atoms with E-state index in [2.05, 4.69) is 0 Å². The molecule has 0 saturated heterocycles. The van der Waals surface area contributed by atoms with Crippen LogP contribution in [0.1, 0.15) is 34.1 Å². The molecule has 3 nitrogen and oxygen atoms in total. The predicted molar refractivity (Wildman–Crippen MR) is 62.9 cm³/mol. The Bertz CT molecular complexity index is 350. The number of rotatable bonds is 2. The van der Waals surface area contributed by atoms with Crippen LogP contribution in [0.2, 0.25) is 0 Å². The second-order valence-corrected chi connectivity index (χ2v) is 5.22. The number of hydrogen-bond acceptors (Lipinski definition) is 3. The predicted octanol–water partition coefficient (Wildman–Crippen LogP) is 1.60. The molecule has 0 aliphatic heterocycles. The largest absolute Gasteiger partial charge is 0.389 e. The zero-order valence-electron chi connectivity index (χ0n) is 10.3. The molecule has 0 fully saturated rings. The van der Waals surface area contributed by atoms with E-state index >= 15 is 0 Å². The molecule has 0 heterocycles. The van der Waals surface area contributed by atoms with Crippen molar-refractivity contribution in [2.24, 2.45) is 5.41 Å². The Morgan fingerprint density at radius 1 is 1.50 bits per heavy atom. The van der Waals surface area contributed by atoms with Crippen LogP contribution in [0.3, 0.4) is 0 Å². The molecule has 3 heteroatoms. The first-order valence-corrected chi connectivity index (χ1v) is 5.50. The van der Waals surface area contributed by atoms with Gasteiger partial charge in [0.25, 0.3) is 0 Å². The highest BCUT2D eigenvalue weighted by molar-refractivity contribution is 5.92. The van der Waals surface area contributed by atoms with Crippen LogP contribution in [0, 0.1) is 5.41 Å². The minimum Gasteiger partial charge on any atom is -0.389 e. The molecule has 0 aromatic heterocycles. The van der Waals surface area contributed by atoms with Crippen molar-refractivity contribution >= 4 is 5.78 Å². The van der Waals surface area contributed by atoms with E-state index in [9.17, 15) is 15.0 Å². The van der Waals surface area contributed by atoms with Crippen molar-refractivity contribution in [3.8, 4) is 0 Å². The number of carbonyl (C=O) groups is 1. The summed E-state index contributed by atoms with van der Waals surface area (Å²) < 4.78 is 0. The molecule has 1 aliphatic carbocycles. The lowest BCUT2D eigenvalue weighted by Gasteiger charge is -2.44. The van der Waals surface area contributed by atoms with E-state index in [4.69, 9.17) is 0 Å². The number of allylic oxidation sites excluding steroid dienone is 1. The van der Waals surface area contributed by atoms with Crippen molar-refractivity contribution in [3.63, 3.8) is 0 Å². The topological polar surface area (TPSA) is 57.5 Å². The highest BCUT2D eigenvalue weighted by atomic mass is 16.3. The molecule has 2 N–H and O–H groups in total. The third kappa shape index (κ3) is 2.25. The van der Waals surface area contributed by atoms with Crippen molar-refractivity contribution in [2.45, 2.75) is 45.8 Å². The fourth-order valence-corrected chi connectivity index (χ4v) is 2.14. The molecule has 0 saturated carbocycles. The lowest BCUT2D eigenvalue weighted by atomic mass is 9.64. The lowest BCUT2D eigenvalue weighted by molar-refractivity contribution is -0.121. The Morgan fingerprint density at radius 2 is 2.06 bits per heavy atom. The van der Waals surface area contributed by atoms with Crippen molar-refractivity contribution in [2.75, 3.05) is 0 Å². The van der Waals surface area contributed by atoms with Crippen LogP contribution in [-0.4, -0.2) is 27.7 Å². The Balaban J connectivity index is 3.16. The van der Waals surface area contributed by atoms with Gasteiger partial charge in [-0.25, -0.2) is 0 Å². The Labute approximate surface area is 96.5 Å². The van der Waals surface area contributed by atoms with Crippen molar-refractivity contribution in [3.05, 3.63) is 23.8 Å². The van der Waals surface area contributed by atoms with Gasteiger partial charge in [0, 0.05) is 11.8 Å². The lowest BCUT2D eigenvalue weighted by Crippen LogP contribution is -2.48. The van der Waals surface area contributed by atoms with Gasteiger partial charge in [-0.3, -0.25) is 4.79 Å². The van der Waals surface area contributed by atoms with E-state index in [0.717, 1.165) is 0 Å². The van der Waals surface area contributed by atoms with Crippen LogP contribution >= 0.6 is 0 Å². The van der Waals surface area contributed by atoms with Crippen LogP contribution in [0.5, 0.6) is 0 Å². The van der Waals surface area contributed by atoms with Crippen molar-refractivity contribution in [1.82, 2.24) is 0 Å². The van der Waals surface area contributed by atoms with E-state index < -0.39 is 17.1 Å². The smallest absolute Gasteiger partial charge is 0.156 e. The first-order valence-electron chi connectivity index (χ1n) is 5.50. The summed E-state index contributed by atoms with van der Waals surface area (Å²) in [7, 11) is 0. The zero-order chi connectivity index (χ0) is 12.6. The van der Waals surface area contributed by atoms with E-state index in [1.165, 1.54) is 6.08 Å². The first-order chi connectivity index (χ1) is 7.19. The van der Waals surface area contributed by atoms with Gasteiger partial charge in [0.15, 0.2) is 5.78 Å². The molecule has 0 aromatic rings. The number of aliphatic hydroxyl groups is 2. The molecule has 0 bridgehead atoms. The summed E-state index contributed by atoms with van der Waals surface area (Å²) in [5.41, 5.74) is -1.07. The number of ketones is 1. The summed E-state index contributed by atoms with van der Waals surface area (Å²) in [6.45, 7) is 7.08. The molecule has 1 rings (SSSR count). The maximum Gasteiger partial charge on any atom is 0.156 e. The Kier molecular flexibility index (Phi) is 3.41. The molecule has 90 valence electrons. The SMILES string of the molecule is CC1=CC(=O)CC(C)(C)[C@]1(O)/C=C/C(C)O. The number of carbonyl (C=O) groups excluding carboxylic acids is 1. The first kappa shape index (κ1) is 13.1. The molecule has 1 aliphatic rings. The standard InChI is InChI=1S/C13H20O3/c1-9-7-11(15)8-12(3,4)13(9,16)6-5-10(2)14/h5-7,10,14,16H,8H2,1-4H3/b6-5+/t10?,13-/m0/s1. The maximum absolute atomic E-state index is 11.5. The summed E-state index contributed by atoms with van der Waals surface area (Å²) in [4.78, 5) is 11.5. The van der Waals surface area contributed by atoms with Crippen LogP contribution in [0.4, 0.5) is 0 Å². The van der Waals surface area contributed by atoms with Crippen LogP contribution in [0.15, 0.2) is 23.8 Å². The molecular formula is C13H20O3. The molecule has 1 unspecified atom stereocenters. The van der Waals surface area contributed by atoms with Crippen LogP contribution in [0.25, 0.3) is 0 Å². The fourth-order valence-electron chi connectivity index (χ4n) is 2.14. The molecule has 16 heavy (non-hydrogen) atoms. The number of hydrogen-bond donors (Lipinski definition) is 2. The average Bonchev–Trinajstić information content (AvgIpc) is 2.10. The van der Waals surface area contributed by atoms with E-state index in [1.807, 2.05) is 13.8 Å². The van der Waals surface area contributed by atoms with Crippen molar-refractivity contribution in [1.29, 1.82) is 0 Å². The third-order valence-corrected chi connectivity index (χ3v) is 3.24. The van der Waals surface area contributed by atoms with Gasteiger partial charge >= 0.3 is 0 Å². The summed E-state index contributed by atoms with van der Waals surface area (Å²) in [6, 6.07) is 0. The Hall–Kier alpha value is -0.930. The molecule has 0 spiro atoms. The third-order valence-electron chi connectivity index (χ3n) is 3.24. The summed E-state index contributed by atoms with van der Waals surface area (Å²) in [5.74, 6) is 0.0395. The maximum atomic E-state index is 11.5. The van der Waals surface area contributed by atoms with Crippen LogP contribution < -0.4 is 0 Å². The average molecular weight is 224 g/mol. The quantitative estimate of drug-likeness (QED) is 0.700. The van der Waals surface area contributed by atoms with Gasteiger partial charge in [-0.1, -0.05) is 19.9 Å². The van der Waals surface area contributed by atoms with Gasteiger partial charge < -0.3 is 10.2 Å². The van der Waals surface area contributed by atoms with E-state index in [1.54, 1.807) is 26.0 Å². The van der Waals surface area contributed by atoms with Crippen LogP contribution in [-0.2, 0) is 4.79 Å². The molecule has 0 amide bonds. The minimum absolute atomic E-state index is 0.0395. The highest BCUT2D eigenvalue weighted by Crippen LogP contribution is 2.44. The molecular weight excluding hydrogens is 204 g/mol. The van der Waals surface area contributed by atoms with Gasteiger partial charge in [-0.2, -0.15) is 0 Å². The van der Waals surface area contributed by atoms with E-state index in [-0.39, 0.29) is 5.78 Å². The zero-order valence-corrected chi connectivity index (χ0v) is 10.3. The summed E-state index contributed by atoms with van der Waals surface area (Å²) in [6.07, 6.45) is 4.33. The minimum atomic E-state index is -1.15. The Morgan fingerprint density at radius 3 is 2.50 bits per heavy atom. The number of aliphatic hydroxyl groups excluding tert-OH is 1. The second-order valence-electron chi connectivity index (χ2n) is 5.22. The molecule has 2 atom stereocenters. The molecule has 0 radical (unpaired) electrons. The van der Waals surface area contributed by atoms with E-state index in [0.29, 0.717) is 12.0 Å². The summed E-state index contributed by atoms with van der Waals surface area (Å²) >= 11 is 0. The van der Waals surface area contributed by atoms with Crippen molar-refractivity contribution < 1.29 is 15.0 Å². The van der Waals surface area contributed by atoms with Gasteiger partial charge in [-0.05, 0) is 31.6 Å². The normalized spacial score (nSPS) is 31.6. The van der Waals surface area contributed by atoms with Gasteiger partial charge in [-0.15, -0.1) is 0 Å². The summed E-state index contributed by atoms with van der Waals surface area (Å²) in [5, 5.41) is 19.8. The fraction of sp³-hybridized carbons (Fsp3) is 0.615. The highest BCUT2D eigenvalue weighted by Gasteiger charge is 2.46. The van der Waals surface area contributed by atoms with Gasteiger partial charge in [0.05, 0.1) is 6.10 Å².